The summed E-state index contributed by atoms with van der Waals surface area (Å²) in [5.74, 6) is 1.27. The van der Waals surface area contributed by atoms with E-state index in [0.717, 1.165) is 0 Å². The second-order valence-corrected chi connectivity index (χ2v) is 7.18. The molecule has 2 aromatic rings. The molecule has 130 valence electrons. The number of rotatable bonds is 5. The van der Waals surface area contributed by atoms with Crippen LogP contribution in [0.4, 0.5) is 0 Å². The van der Waals surface area contributed by atoms with E-state index in [4.69, 9.17) is 14.0 Å². The molecular weight excluding hydrogens is 334 g/mol. The second kappa shape index (κ2) is 6.88. The van der Waals surface area contributed by atoms with Crippen LogP contribution < -0.4 is 4.74 Å². The number of aryl methyl sites for hydroxylation is 1. The topological polar surface area (TPSA) is 94.8 Å². The van der Waals surface area contributed by atoms with Gasteiger partial charge in [-0.2, -0.15) is 9.29 Å². The number of ether oxygens (including phenoxy) is 2. The predicted molar refractivity (Wildman–Crippen MR) is 85.2 cm³/mol. The molecule has 0 aliphatic carbocycles. The van der Waals surface area contributed by atoms with Crippen molar-refractivity contribution in [3.63, 3.8) is 0 Å². The van der Waals surface area contributed by atoms with Crippen molar-refractivity contribution in [2.75, 3.05) is 33.4 Å². The van der Waals surface area contributed by atoms with Gasteiger partial charge in [0.1, 0.15) is 5.75 Å². The Morgan fingerprint density at radius 1 is 1.29 bits per heavy atom. The van der Waals surface area contributed by atoms with Gasteiger partial charge in [0, 0.05) is 19.5 Å². The Morgan fingerprint density at radius 3 is 2.67 bits per heavy atom. The van der Waals surface area contributed by atoms with Crippen LogP contribution in [0.3, 0.4) is 0 Å². The molecule has 0 spiro atoms. The molecule has 0 radical (unpaired) electrons. The molecule has 1 aromatic heterocycles. The lowest BCUT2D eigenvalue weighted by atomic mass is 10.2. The number of sulfonamides is 1. The summed E-state index contributed by atoms with van der Waals surface area (Å²) in [6.07, 6.45) is 0.598. The minimum absolute atomic E-state index is 0.169. The Balaban J connectivity index is 2.02. The number of methoxy groups -OCH3 is 1. The largest absolute Gasteiger partial charge is 0.496 e. The quantitative estimate of drug-likeness (QED) is 0.800. The second-order valence-electron chi connectivity index (χ2n) is 5.24. The molecule has 0 atom stereocenters. The van der Waals surface area contributed by atoms with Gasteiger partial charge in [0.2, 0.25) is 21.7 Å². The third-order valence-corrected chi connectivity index (χ3v) is 5.68. The molecule has 24 heavy (non-hydrogen) atoms. The normalized spacial score (nSPS) is 16.2. The van der Waals surface area contributed by atoms with Gasteiger partial charge in [-0.1, -0.05) is 12.1 Å². The van der Waals surface area contributed by atoms with Gasteiger partial charge in [-0.25, -0.2) is 8.42 Å². The van der Waals surface area contributed by atoms with E-state index >= 15 is 0 Å². The summed E-state index contributed by atoms with van der Waals surface area (Å²) < 4.78 is 42.6. The van der Waals surface area contributed by atoms with Gasteiger partial charge in [-0.05, 0) is 18.2 Å². The molecule has 2 heterocycles. The van der Waals surface area contributed by atoms with Gasteiger partial charge >= 0.3 is 0 Å². The summed E-state index contributed by atoms with van der Waals surface area (Å²) in [5, 5.41) is 3.91. The van der Waals surface area contributed by atoms with Crippen LogP contribution in [0.25, 0.3) is 11.4 Å². The Kier molecular flexibility index (Phi) is 4.83. The van der Waals surface area contributed by atoms with Crippen LogP contribution in [0, 0.1) is 0 Å². The molecule has 1 aromatic carbocycles. The molecule has 1 fully saturated rings. The maximum absolute atomic E-state index is 12.8. The third kappa shape index (κ3) is 3.14. The van der Waals surface area contributed by atoms with E-state index in [-0.39, 0.29) is 4.90 Å². The van der Waals surface area contributed by atoms with E-state index in [1.165, 1.54) is 23.5 Å². The first-order valence-corrected chi connectivity index (χ1v) is 9.09. The minimum atomic E-state index is -3.60. The molecule has 3 rings (SSSR count). The average molecular weight is 353 g/mol. The van der Waals surface area contributed by atoms with E-state index in [2.05, 4.69) is 10.1 Å². The lowest BCUT2D eigenvalue weighted by Crippen LogP contribution is -2.40. The van der Waals surface area contributed by atoms with Crippen molar-refractivity contribution < 1.29 is 22.4 Å². The summed E-state index contributed by atoms with van der Waals surface area (Å²) in [6.45, 7) is 3.37. The third-order valence-electron chi connectivity index (χ3n) is 3.79. The first-order valence-electron chi connectivity index (χ1n) is 7.65. The van der Waals surface area contributed by atoms with Crippen molar-refractivity contribution in [3.8, 4) is 17.1 Å². The highest BCUT2D eigenvalue weighted by atomic mass is 32.2. The number of benzene rings is 1. The highest BCUT2D eigenvalue weighted by Gasteiger charge is 2.27. The fraction of sp³-hybridized carbons (Fsp3) is 0.467. The van der Waals surface area contributed by atoms with Crippen molar-refractivity contribution >= 4 is 10.0 Å². The molecule has 8 nitrogen and oxygen atoms in total. The molecule has 0 amide bonds. The van der Waals surface area contributed by atoms with Crippen molar-refractivity contribution in [1.82, 2.24) is 14.4 Å². The fourth-order valence-electron chi connectivity index (χ4n) is 2.47. The number of nitrogens with zero attached hydrogens (tertiary/aromatic N) is 3. The molecular formula is C15H19N3O5S. The summed E-state index contributed by atoms with van der Waals surface area (Å²) in [7, 11) is -2.09. The number of morpholine rings is 1. The molecule has 0 N–H and O–H groups in total. The van der Waals surface area contributed by atoms with E-state index in [0.29, 0.717) is 55.8 Å². The van der Waals surface area contributed by atoms with E-state index in [9.17, 15) is 8.42 Å². The van der Waals surface area contributed by atoms with Crippen LogP contribution in [0.5, 0.6) is 5.75 Å². The van der Waals surface area contributed by atoms with Crippen molar-refractivity contribution in [3.05, 3.63) is 24.1 Å². The fourth-order valence-corrected chi connectivity index (χ4v) is 3.90. The monoisotopic (exact) mass is 353 g/mol. The number of hydrogen-bond donors (Lipinski definition) is 0. The molecule has 0 bridgehead atoms. The van der Waals surface area contributed by atoms with E-state index < -0.39 is 10.0 Å². The first-order chi connectivity index (χ1) is 11.6. The van der Waals surface area contributed by atoms with Gasteiger partial charge in [0.05, 0.1) is 30.8 Å². The standard InChI is InChI=1S/C15H19N3O5S/c1-3-14-16-15(17-23-14)12-10-11(4-5-13(12)21-2)24(19,20)18-6-8-22-9-7-18/h4-5,10H,3,6-9H2,1-2H3. The lowest BCUT2D eigenvalue weighted by molar-refractivity contribution is 0.0730. The minimum Gasteiger partial charge on any atom is -0.496 e. The van der Waals surface area contributed by atoms with Crippen molar-refractivity contribution in [2.45, 2.75) is 18.2 Å². The van der Waals surface area contributed by atoms with Crippen LogP contribution in [0.15, 0.2) is 27.6 Å². The average Bonchev–Trinajstić information content (AvgIpc) is 3.11. The Labute approximate surface area is 140 Å². The van der Waals surface area contributed by atoms with E-state index in [1.807, 2.05) is 6.92 Å². The number of aromatic nitrogens is 2. The van der Waals surface area contributed by atoms with Crippen molar-refractivity contribution in [2.24, 2.45) is 0 Å². The first kappa shape index (κ1) is 16.9. The maximum Gasteiger partial charge on any atom is 0.243 e. The molecule has 1 aliphatic rings. The molecule has 1 saturated heterocycles. The SMILES string of the molecule is CCc1nc(-c2cc(S(=O)(=O)N3CCOCC3)ccc2OC)no1. The highest BCUT2D eigenvalue weighted by Crippen LogP contribution is 2.31. The maximum atomic E-state index is 12.8. The van der Waals surface area contributed by atoms with Crippen LogP contribution in [0.2, 0.25) is 0 Å². The Morgan fingerprint density at radius 2 is 2.04 bits per heavy atom. The molecule has 0 saturated carbocycles. The van der Waals surface area contributed by atoms with Crippen LogP contribution in [-0.2, 0) is 21.2 Å². The zero-order valence-electron chi connectivity index (χ0n) is 13.6. The van der Waals surface area contributed by atoms with Gasteiger partial charge in [-0.15, -0.1) is 0 Å². The zero-order chi connectivity index (χ0) is 17.2. The Hall–Kier alpha value is -1.97. The van der Waals surface area contributed by atoms with Gasteiger partial charge < -0.3 is 14.0 Å². The summed E-state index contributed by atoms with van der Waals surface area (Å²) >= 11 is 0. The van der Waals surface area contributed by atoms with Crippen LogP contribution >= 0.6 is 0 Å². The smallest absolute Gasteiger partial charge is 0.243 e. The van der Waals surface area contributed by atoms with Gasteiger partial charge in [0.25, 0.3) is 0 Å². The van der Waals surface area contributed by atoms with Gasteiger partial charge in [0.15, 0.2) is 0 Å². The Bertz CT molecular complexity index is 812. The zero-order valence-corrected chi connectivity index (χ0v) is 14.4. The van der Waals surface area contributed by atoms with Crippen molar-refractivity contribution in [1.29, 1.82) is 0 Å². The van der Waals surface area contributed by atoms with Crippen LogP contribution in [0.1, 0.15) is 12.8 Å². The number of hydrogen-bond acceptors (Lipinski definition) is 7. The van der Waals surface area contributed by atoms with Gasteiger partial charge in [-0.3, -0.25) is 0 Å². The summed E-state index contributed by atoms with van der Waals surface area (Å²) in [6, 6.07) is 4.65. The summed E-state index contributed by atoms with van der Waals surface area (Å²) in [5.41, 5.74) is 0.482. The lowest BCUT2D eigenvalue weighted by Gasteiger charge is -2.26. The van der Waals surface area contributed by atoms with E-state index in [1.54, 1.807) is 6.07 Å². The molecule has 9 heteroatoms. The highest BCUT2D eigenvalue weighted by molar-refractivity contribution is 7.89. The van der Waals surface area contributed by atoms with Crippen LogP contribution in [-0.4, -0.2) is 56.3 Å². The predicted octanol–water partition coefficient (Wildman–Crippen LogP) is 1.33. The molecule has 0 unspecified atom stereocenters. The summed E-state index contributed by atoms with van der Waals surface area (Å²) in [4.78, 5) is 4.43. The molecule has 1 aliphatic heterocycles.